The molecule has 0 radical (unpaired) electrons. The molecule has 3 heteroatoms. The Morgan fingerprint density at radius 1 is 1.33 bits per heavy atom. The summed E-state index contributed by atoms with van der Waals surface area (Å²) in [5.74, 6) is 0. The van der Waals surface area contributed by atoms with Crippen LogP contribution in [0.25, 0.3) is 0 Å². The molecule has 0 aromatic heterocycles. The van der Waals surface area contributed by atoms with Gasteiger partial charge in [0.25, 0.3) is 0 Å². The Bertz CT molecular complexity index is 94.5. The number of likely N-dealkylation sites (N-methyl/N-ethyl adjacent to an activating group) is 1. The maximum absolute atomic E-state index is 8.53. The van der Waals surface area contributed by atoms with Crippen molar-refractivity contribution in [2.24, 2.45) is 0 Å². The molecule has 0 aliphatic heterocycles. The van der Waals surface area contributed by atoms with E-state index in [4.69, 9.17) is 9.84 Å². The molecule has 1 atom stereocenters. The van der Waals surface area contributed by atoms with Gasteiger partial charge < -0.3 is 14.7 Å². The third-order valence-corrected chi connectivity index (χ3v) is 1.90. The Morgan fingerprint density at radius 2 is 1.92 bits per heavy atom. The topological polar surface area (TPSA) is 32.7 Å². The van der Waals surface area contributed by atoms with Gasteiger partial charge in [-0.15, -0.1) is 0 Å². The van der Waals surface area contributed by atoms with Crippen LogP contribution in [-0.4, -0.2) is 49.0 Å². The Morgan fingerprint density at radius 3 is 2.33 bits per heavy atom. The van der Waals surface area contributed by atoms with Crippen LogP contribution in [0.15, 0.2) is 0 Å². The van der Waals surface area contributed by atoms with Crippen molar-refractivity contribution in [1.82, 2.24) is 4.90 Å². The van der Waals surface area contributed by atoms with Crippen molar-refractivity contribution >= 4 is 0 Å². The molecule has 12 heavy (non-hydrogen) atoms. The molecule has 0 aromatic rings. The smallest absolute Gasteiger partial charge is 0.0701 e. The summed E-state index contributed by atoms with van der Waals surface area (Å²) in [6, 6.07) is 0. The zero-order valence-corrected chi connectivity index (χ0v) is 8.42. The number of aliphatic hydroxyl groups excluding tert-OH is 1. The molecule has 0 spiro atoms. The summed E-state index contributed by atoms with van der Waals surface area (Å²) in [4.78, 5) is 2.31. The first-order chi connectivity index (χ1) is 5.74. The van der Waals surface area contributed by atoms with Crippen molar-refractivity contribution in [3.05, 3.63) is 0 Å². The summed E-state index contributed by atoms with van der Waals surface area (Å²) in [7, 11) is 0. The van der Waals surface area contributed by atoms with E-state index in [0.717, 1.165) is 19.6 Å². The molecule has 0 heterocycles. The van der Waals surface area contributed by atoms with Gasteiger partial charge in [0.05, 0.1) is 19.3 Å². The second kappa shape index (κ2) is 7.53. The molecule has 0 saturated heterocycles. The third-order valence-electron chi connectivity index (χ3n) is 1.90. The molecule has 0 rings (SSSR count). The summed E-state index contributed by atoms with van der Waals surface area (Å²) >= 11 is 0. The molecule has 0 bridgehead atoms. The van der Waals surface area contributed by atoms with E-state index in [9.17, 15) is 0 Å². The van der Waals surface area contributed by atoms with Gasteiger partial charge in [0.2, 0.25) is 0 Å². The molecule has 1 unspecified atom stereocenters. The van der Waals surface area contributed by atoms with Crippen molar-refractivity contribution in [1.29, 1.82) is 0 Å². The Balaban J connectivity index is 3.44. The number of aliphatic hydroxyl groups is 1. The lowest BCUT2D eigenvalue weighted by Crippen LogP contribution is -2.32. The normalized spacial score (nSPS) is 13.8. The second-order valence-electron chi connectivity index (χ2n) is 2.89. The van der Waals surface area contributed by atoms with E-state index < -0.39 is 0 Å². The highest BCUT2D eigenvalue weighted by molar-refractivity contribution is 4.58. The van der Waals surface area contributed by atoms with Gasteiger partial charge in [-0.2, -0.15) is 0 Å². The van der Waals surface area contributed by atoms with Crippen molar-refractivity contribution in [2.75, 3.05) is 32.8 Å². The lowest BCUT2D eigenvalue weighted by molar-refractivity contribution is 0.0197. The predicted octanol–water partition coefficient (Wildman–Crippen LogP) is 0.726. The van der Waals surface area contributed by atoms with Crippen LogP contribution in [0.2, 0.25) is 0 Å². The molecule has 0 amide bonds. The summed E-state index contributed by atoms with van der Waals surface area (Å²) < 4.78 is 5.33. The first kappa shape index (κ1) is 11.9. The summed E-state index contributed by atoms with van der Waals surface area (Å²) in [6.07, 6.45) is 0.219. The maximum atomic E-state index is 8.53. The molecule has 0 aliphatic rings. The van der Waals surface area contributed by atoms with Crippen LogP contribution >= 0.6 is 0 Å². The van der Waals surface area contributed by atoms with Gasteiger partial charge in [-0.3, -0.25) is 0 Å². The van der Waals surface area contributed by atoms with E-state index in [2.05, 4.69) is 18.7 Å². The van der Waals surface area contributed by atoms with Gasteiger partial charge in [-0.25, -0.2) is 0 Å². The summed E-state index contributed by atoms with van der Waals surface area (Å²) in [5.41, 5.74) is 0. The highest BCUT2D eigenvalue weighted by Crippen LogP contribution is 1.95. The molecule has 0 saturated carbocycles. The third kappa shape index (κ3) is 5.52. The van der Waals surface area contributed by atoms with Crippen LogP contribution in [0.1, 0.15) is 20.8 Å². The maximum Gasteiger partial charge on any atom is 0.0701 e. The van der Waals surface area contributed by atoms with Crippen molar-refractivity contribution < 1.29 is 9.84 Å². The van der Waals surface area contributed by atoms with Gasteiger partial charge in [-0.05, 0) is 20.0 Å². The zero-order chi connectivity index (χ0) is 9.40. The van der Waals surface area contributed by atoms with Crippen molar-refractivity contribution in [2.45, 2.75) is 26.9 Å². The van der Waals surface area contributed by atoms with E-state index >= 15 is 0 Å². The van der Waals surface area contributed by atoms with Gasteiger partial charge in [-0.1, -0.05) is 13.8 Å². The van der Waals surface area contributed by atoms with E-state index in [1.165, 1.54) is 0 Å². The molecule has 0 fully saturated rings. The van der Waals surface area contributed by atoms with E-state index in [0.29, 0.717) is 6.61 Å². The fourth-order valence-corrected chi connectivity index (χ4v) is 1.15. The summed E-state index contributed by atoms with van der Waals surface area (Å²) in [6.45, 7) is 9.95. The number of nitrogens with zero attached hydrogens (tertiary/aromatic N) is 1. The van der Waals surface area contributed by atoms with Crippen LogP contribution in [0, 0.1) is 0 Å². The first-order valence-corrected chi connectivity index (χ1v) is 4.69. The quantitative estimate of drug-likeness (QED) is 0.619. The van der Waals surface area contributed by atoms with Crippen LogP contribution in [0.3, 0.4) is 0 Å². The zero-order valence-electron chi connectivity index (χ0n) is 8.42. The lowest BCUT2D eigenvalue weighted by Gasteiger charge is -2.22. The SMILES string of the molecule is CCN(CC)CC(C)OCCO. The average molecular weight is 175 g/mol. The predicted molar refractivity (Wildman–Crippen MR) is 50.3 cm³/mol. The highest BCUT2D eigenvalue weighted by atomic mass is 16.5. The van der Waals surface area contributed by atoms with Gasteiger partial charge in [0.1, 0.15) is 0 Å². The van der Waals surface area contributed by atoms with Crippen molar-refractivity contribution in [3.63, 3.8) is 0 Å². The fourth-order valence-electron chi connectivity index (χ4n) is 1.15. The van der Waals surface area contributed by atoms with Crippen molar-refractivity contribution in [3.8, 4) is 0 Å². The highest BCUT2D eigenvalue weighted by Gasteiger charge is 2.06. The fraction of sp³-hybridized carbons (Fsp3) is 1.00. The number of rotatable bonds is 7. The Labute approximate surface area is 75.3 Å². The van der Waals surface area contributed by atoms with Gasteiger partial charge in [0, 0.05) is 6.54 Å². The van der Waals surface area contributed by atoms with Crippen LogP contribution in [0.5, 0.6) is 0 Å². The lowest BCUT2D eigenvalue weighted by atomic mass is 10.3. The molecule has 0 aromatic carbocycles. The van der Waals surface area contributed by atoms with E-state index in [1.54, 1.807) is 0 Å². The minimum atomic E-state index is 0.114. The molecular formula is C9H21NO2. The van der Waals surface area contributed by atoms with Crippen LogP contribution < -0.4 is 0 Å². The summed E-state index contributed by atoms with van der Waals surface area (Å²) in [5, 5.41) is 8.53. The standard InChI is InChI=1S/C9H21NO2/c1-4-10(5-2)8-9(3)12-7-6-11/h9,11H,4-8H2,1-3H3. The molecular weight excluding hydrogens is 154 g/mol. The molecule has 1 N–H and O–H groups in total. The van der Waals surface area contributed by atoms with Gasteiger partial charge >= 0.3 is 0 Å². The van der Waals surface area contributed by atoms with Crippen LogP contribution in [0.4, 0.5) is 0 Å². The number of hydrogen-bond donors (Lipinski definition) is 1. The minimum Gasteiger partial charge on any atom is -0.394 e. The number of hydrogen-bond acceptors (Lipinski definition) is 3. The number of ether oxygens (including phenoxy) is 1. The largest absolute Gasteiger partial charge is 0.394 e. The van der Waals surface area contributed by atoms with Gasteiger partial charge in [0.15, 0.2) is 0 Å². The molecule has 0 aliphatic carbocycles. The first-order valence-electron chi connectivity index (χ1n) is 4.69. The minimum absolute atomic E-state index is 0.114. The Kier molecular flexibility index (Phi) is 7.45. The van der Waals surface area contributed by atoms with E-state index in [1.807, 2.05) is 6.92 Å². The van der Waals surface area contributed by atoms with E-state index in [-0.39, 0.29) is 12.7 Å². The molecule has 3 nitrogen and oxygen atoms in total. The Hall–Kier alpha value is -0.120. The average Bonchev–Trinajstić information content (AvgIpc) is 2.10. The second-order valence-corrected chi connectivity index (χ2v) is 2.89. The monoisotopic (exact) mass is 175 g/mol. The van der Waals surface area contributed by atoms with Crippen LogP contribution in [-0.2, 0) is 4.74 Å². The molecule has 74 valence electrons.